The molecular weight excluding hydrogens is 579 g/mol. The van der Waals surface area contributed by atoms with E-state index >= 15 is 0 Å². The lowest BCUT2D eigenvalue weighted by Crippen LogP contribution is -2.04. The quantitative estimate of drug-likeness (QED) is 0.201. The van der Waals surface area contributed by atoms with Gasteiger partial charge in [0.25, 0.3) is 0 Å². The third-order valence-electron chi connectivity index (χ3n) is 9.18. The Balaban J connectivity index is 1.38. The van der Waals surface area contributed by atoms with Gasteiger partial charge >= 0.3 is 0 Å². The second kappa shape index (κ2) is 9.83. The number of benzene rings is 7. The number of aromatic nitrogens is 3. The molecule has 0 N–H and O–H groups in total. The molecule has 0 aliphatic carbocycles. The van der Waals surface area contributed by atoms with E-state index in [4.69, 9.17) is 9.97 Å². The van der Waals surface area contributed by atoms with Crippen molar-refractivity contribution < 1.29 is 0 Å². The maximum atomic E-state index is 5.38. The highest BCUT2D eigenvalue weighted by Gasteiger charge is 2.23. The molecule has 3 heterocycles. The van der Waals surface area contributed by atoms with Crippen LogP contribution >= 0.6 is 11.3 Å². The predicted molar refractivity (Wildman–Crippen MR) is 195 cm³/mol. The molecule has 0 bridgehead atoms. The van der Waals surface area contributed by atoms with Gasteiger partial charge in [-0.3, -0.25) is 4.57 Å². The van der Waals surface area contributed by atoms with Crippen molar-refractivity contribution in [3.8, 4) is 28.5 Å². The average molecular weight is 604 g/mol. The summed E-state index contributed by atoms with van der Waals surface area (Å²) in [5, 5.41) is 9.95. The average Bonchev–Trinajstić information content (AvgIpc) is 3.69. The molecule has 46 heavy (non-hydrogen) atoms. The molecule has 0 fully saturated rings. The monoisotopic (exact) mass is 603 g/mol. The van der Waals surface area contributed by atoms with Gasteiger partial charge in [-0.05, 0) is 45.8 Å². The molecule has 0 amide bonds. The fourth-order valence-corrected chi connectivity index (χ4v) is 8.38. The fraction of sp³-hybridized carbons (Fsp3) is 0. The van der Waals surface area contributed by atoms with Crippen molar-refractivity contribution in [2.75, 3.05) is 0 Å². The Morgan fingerprint density at radius 2 is 1.09 bits per heavy atom. The van der Waals surface area contributed by atoms with Crippen LogP contribution in [0.25, 0.3) is 92.0 Å². The standard InChI is InChI=1S/C42H25N3S/c1-2-13-27(14-3-1)34-25-35(29-23-22-26-12-4-5-15-28(26)24-29)44-42(43-34)45-36-20-10-8-18-32(36)38-30-16-6-7-17-31(30)39-33-19-9-11-21-37(33)46-41(39)40(38)45/h1-25H. The molecule has 0 unspecified atom stereocenters. The summed E-state index contributed by atoms with van der Waals surface area (Å²) in [6.45, 7) is 0. The molecule has 4 heteroatoms. The lowest BCUT2D eigenvalue weighted by molar-refractivity contribution is 0.999. The number of nitrogens with zero attached hydrogens (tertiary/aromatic N) is 3. The van der Waals surface area contributed by atoms with Crippen LogP contribution in [0.1, 0.15) is 0 Å². The molecule has 0 atom stereocenters. The Hall–Kier alpha value is -5.84. The molecule has 214 valence electrons. The van der Waals surface area contributed by atoms with Crippen LogP contribution in [-0.2, 0) is 0 Å². The van der Waals surface area contributed by atoms with Crippen molar-refractivity contribution in [1.82, 2.24) is 14.5 Å². The summed E-state index contributed by atoms with van der Waals surface area (Å²) in [7, 11) is 0. The summed E-state index contributed by atoms with van der Waals surface area (Å²) < 4.78 is 4.85. The zero-order valence-corrected chi connectivity index (χ0v) is 25.5. The summed E-state index contributed by atoms with van der Waals surface area (Å²) in [4.78, 5) is 10.7. The van der Waals surface area contributed by atoms with E-state index < -0.39 is 0 Å². The van der Waals surface area contributed by atoms with Crippen LogP contribution in [0.5, 0.6) is 0 Å². The highest BCUT2D eigenvalue weighted by atomic mass is 32.1. The van der Waals surface area contributed by atoms with Crippen molar-refractivity contribution in [2.45, 2.75) is 0 Å². The van der Waals surface area contributed by atoms with Crippen LogP contribution in [0, 0.1) is 0 Å². The van der Waals surface area contributed by atoms with E-state index in [1.807, 2.05) is 17.4 Å². The van der Waals surface area contributed by atoms with Gasteiger partial charge in [-0.25, -0.2) is 9.97 Å². The van der Waals surface area contributed by atoms with E-state index in [0.29, 0.717) is 5.95 Å². The SMILES string of the molecule is c1ccc(-c2cc(-c3ccc4ccccc4c3)nc(-n3c4ccccc4c4c5ccccc5c5c6ccccc6sc5c43)n2)cc1. The Bertz CT molecular complexity index is 2810. The van der Waals surface area contributed by atoms with Gasteiger partial charge < -0.3 is 0 Å². The zero-order valence-electron chi connectivity index (χ0n) is 24.7. The molecule has 0 saturated carbocycles. The molecule has 0 saturated heterocycles. The maximum Gasteiger partial charge on any atom is 0.235 e. The highest BCUT2D eigenvalue weighted by molar-refractivity contribution is 7.27. The molecule has 0 aliphatic rings. The molecule has 3 aromatic heterocycles. The van der Waals surface area contributed by atoms with Gasteiger partial charge in [0.05, 0.1) is 27.1 Å². The normalized spacial score (nSPS) is 11.9. The van der Waals surface area contributed by atoms with E-state index in [0.717, 1.165) is 33.5 Å². The largest absolute Gasteiger partial charge is 0.276 e. The van der Waals surface area contributed by atoms with Gasteiger partial charge in [0.15, 0.2) is 0 Å². The second-order valence-corrected chi connectivity index (χ2v) is 12.8. The van der Waals surface area contributed by atoms with Gasteiger partial charge in [0.2, 0.25) is 5.95 Å². The van der Waals surface area contributed by atoms with E-state index in [-0.39, 0.29) is 0 Å². The Morgan fingerprint density at radius 1 is 0.457 bits per heavy atom. The Morgan fingerprint density at radius 3 is 1.91 bits per heavy atom. The van der Waals surface area contributed by atoms with Gasteiger partial charge in [0.1, 0.15) is 0 Å². The first-order chi connectivity index (χ1) is 22.8. The predicted octanol–water partition coefficient (Wildman–Crippen LogP) is 11.6. The van der Waals surface area contributed by atoms with Gasteiger partial charge in [-0.1, -0.05) is 127 Å². The van der Waals surface area contributed by atoms with Crippen LogP contribution in [0.2, 0.25) is 0 Å². The minimum Gasteiger partial charge on any atom is -0.276 e. The minimum absolute atomic E-state index is 0.671. The fourth-order valence-electron chi connectivity index (χ4n) is 7.12. The Labute approximate surface area is 268 Å². The molecule has 7 aromatic carbocycles. The number of fused-ring (bicyclic) bond motifs is 11. The van der Waals surface area contributed by atoms with E-state index in [2.05, 4.69) is 150 Å². The number of thiophene rings is 1. The minimum atomic E-state index is 0.671. The molecular formula is C42H25N3S. The lowest BCUT2D eigenvalue weighted by atomic mass is 9.99. The third-order valence-corrected chi connectivity index (χ3v) is 10.4. The number of para-hydroxylation sites is 1. The van der Waals surface area contributed by atoms with Gasteiger partial charge in [-0.2, -0.15) is 0 Å². The number of hydrogen-bond acceptors (Lipinski definition) is 3. The first-order valence-electron chi connectivity index (χ1n) is 15.5. The van der Waals surface area contributed by atoms with E-state index in [1.54, 1.807) is 0 Å². The first-order valence-corrected chi connectivity index (χ1v) is 16.3. The second-order valence-electron chi connectivity index (χ2n) is 11.8. The molecule has 10 rings (SSSR count). The van der Waals surface area contributed by atoms with Crippen molar-refractivity contribution in [1.29, 1.82) is 0 Å². The van der Waals surface area contributed by atoms with Crippen LogP contribution in [-0.4, -0.2) is 14.5 Å². The van der Waals surface area contributed by atoms with Crippen molar-refractivity contribution >= 4 is 74.9 Å². The number of rotatable bonds is 3. The lowest BCUT2D eigenvalue weighted by Gasteiger charge is -2.13. The molecule has 0 spiro atoms. The topological polar surface area (TPSA) is 30.7 Å². The molecule has 3 nitrogen and oxygen atoms in total. The number of hydrogen-bond donors (Lipinski definition) is 0. The summed E-state index contributed by atoms with van der Waals surface area (Å²) in [5.41, 5.74) is 6.18. The summed E-state index contributed by atoms with van der Waals surface area (Å²) in [6, 6.07) is 53.9. The smallest absolute Gasteiger partial charge is 0.235 e. The van der Waals surface area contributed by atoms with Gasteiger partial charge in [-0.15, -0.1) is 11.3 Å². The zero-order chi connectivity index (χ0) is 30.2. The van der Waals surface area contributed by atoms with E-state index in [9.17, 15) is 0 Å². The van der Waals surface area contributed by atoms with Crippen LogP contribution in [0.15, 0.2) is 152 Å². The van der Waals surface area contributed by atoms with Crippen LogP contribution < -0.4 is 0 Å². The summed E-state index contributed by atoms with van der Waals surface area (Å²) >= 11 is 1.86. The highest BCUT2D eigenvalue weighted by Crippen LogP contribution is 2.47. The molecule has 0 radical (unpaired) electrons. The van der Waals surface area contributed by atoms with Crippen LogP contribution in [0.4, 0.5) is 0 Å². The summed E-state index contributed by atoms with van der Waals surface area (Å²) in [5.74, 6) is 0.671. The van der Waals surface area contributed by atoms with Crippen molar-refractivity contribution in [3.05, 3.63) is 152 Å². The van der Waals surface area contributed by atoms with Crippen molar-refractivity contribution in [3.63, 3.8) is 0 Å². The Kier molecular flexibility index (Phi) is 5.45. The van der Waals surface area contributed by atoms with Crippen molar-refractivity contribution in [2.24, 2.45) is 0 Å². The first kappa shape index (κ1) is 25.5. The summed E-state index contributed by atoms with van der Waals surface area (Å²) in [6.07, 6.45) is 0. The van der Waals surface area contributed by atoms with Crippen LogP contribution in [0.3, 0.4) is 0 Å². The van der Waals surface area contributed by atoms with E-state index in [1.165, 1.54) is 52.5 Å². The van der Waals surface area contributed by atoms with Gasteiger partial charge in [0, 0.05) is 37.4 Å². The third kappa shape index (κ3) is 3.71. The molecule has 10 aromatic rings. The molecule has 0 aliphatic heterocycles. The maximum absolute atomic E-state index is 5.38.